The number of thioether (sulfide) groups is 1. The zero-order valence-electron chi connectivity index (χ0n) is 16.0. The average molecular weight is 439 g/mol. The van der Waals surface area contributed by atoms with Gasteiger partial charge >= 0.3 is 0 Å². The maximum atomic E-state index is 13.1. The van der Waals surface area contributed by atoms with E-state index in [1.54, 1.807) is 0 Å². The molecule has 1 amide bonds. The SMILES string of the molecule is CCCSC1CCCC(N(C)C(=O)c2ccc(Br)cc2)C1N1CCCC1. The first-order valence-corrected chi connectivity index (χ1v) is 11.8. The number of carbonyl (C=O) groups is 1. The predicted molar refractivity (Wildman–Crippen MR) is 115 cm³/mol. The molecule has 0 N–H and O–H groups in total. The van der Waals surface area contributed by atoms with Gasteiger partial charge in [-0.2, -0.15) is 11.8 Å². The predicted octanol–water partition coefficient (Wildman–Crippen LogP) is 5.05. The molecule has 0 aromatic heterocycles. The Morgan fingerprint density at radius 1 is 1.19 bits per heavy atom. The molecule has 0 spiro atoms. The number of likely N-dealkylation sites (tertiary alicyclic amines) is 1. The number of benzene rings is 1. The van der Waals surface area contributed by atoms with Crippen LogP contribution in [0.1, 0.15) is 55.8 Å². The molecule has 1 heterocycles. The molecule has 3 unspecified atom stereocenters. The van der Waals surface area contributed by atoms with Crippen LogP contribution < -0.4 is 0 Å². The van der Waals surface area contributed by atoms with Crippen LogP contribution in [0.3, 0.4) is 0 Å². The summed E-state index contributed by atoms with van der Waals surface area (Å²) < 4.78 is 1.01. The Kier molecular flexibility index (Phi) is 7.47. The summed E-state index contributed by atoms with van der Waals surface area (Å²) in [4.78, 5) is 17.9. The Morgan fingerprint density at radius 2 is 1.88 bits per heavy atom. The van der Waals surface area contributed by atoms with Gasteiger partial charge in [-0.1, -0.05) is 29.3 Å². The van der Waals surface area contributed by atoms with Gasteiger partial charge in [0.05, 0.1) is 0 Å². The first kappa shape index (κ1) is 20.2. The second kappa shape index (κ2) is 9.61. The number of halogens is 1. The fraction of sp³-hybridized carbons (Fsp3) is 0.667. The normalized spacial score (nSPS) is 26.8. The third kappa shape index (κ3) is 4.66. The van der Waals surface area contributed by atoms with Crippen molar-refractivity contribution in [3.05, 3.63) is 34.3 Å². The summed E-state index contributed by atoms with van der Waals surface area (Å²) in [6, 6.07) is 8.61. The molecular formula is C21H31BrN2OS. The lowest BCUT2D eigenvalue weighted by atomic mass is 9.87. The summed E-state index contributed by atoms with van der Waals surface area (Å²) in [6.07, 6.45) is 7.49. The molecular weight excluding hydrogens is 408 g/mol. The Bertz CT molecular complexity index is 588. The number of likely N-dealkylation sites (N-methyl/N-ethyl adjacent to an activating group) is 1. The van der Waals surface area contributed by atoms with E-state index in [2.05, 4.69) is 39.5 Å². The van der Waals surface area contributed by atoms with Crippen LogP contribution in [0.25, 0.3) is 0 Å². The van der Waals surface area contributed by atoms with E-state index in [-0.39, 0.29) is 5.91 Å². The van der Waals surface area contributed by atoms with Crippen molar-refractivity contribution in [2.75, 3.05) is 25.9 Å². The molecule has 1 saturated carbocycles. The first-order chi connectivity index (χ1) is 12.6. The Morgan fingerprint density at radius 3 is 2.54 bits per heavy atom. The number of hydrogen-bond donors (Lipinski definition) is 0. The molecule has 2 aliphatic rings. The highest BCUT2D eigenvalue weighted by atomic mass is 79.9. The van der Waals surface area contributed by atoms with Crippen molar-refractivity contribution in [1.82, 2.24) is 9.80 Å². The number of rotatable bonds is 6. The van der Waals surface area contributed by atoms with E-state index in [1.807, 2.05) is 36.2 Å². The number of nitrogens with zero attached hydrogens (tertiary/aromatic N) is 2. The largest absolute Gasteiger partial charge is 0.337 e. The number of carbonyl (C=O) groups excluding carboxylic acids is 1. The highest BCUT2D eigenvalue weighted by molar-refractivity contribution is 9.10. The lowest BCUT2D eigenvalue weighted by Gasteiger charge is -2.46. The van der Waals surface area contributed by atoms with Crippen LogP contribution in [0.2, 0.25) is 0 Å². The van der Waals surface area contributed by atoms with E-state index < -0.39 is 0 Å². The molecule has 1 saturated heterocycles. The van der Waals surface area contributed by atoms with Crippen molar-refractivity contribution in [2.24, 2.45) is 0 Å². The molecule has 1 aliphatic heterocycles. The molecule has 1 aromatic carbocycles. The van der Waals surface area contributed by atoms with Gasteiger partial charge in [0.25, 0.3) is 5.91 Å². The Labute approximate surface area is 171 Å². The third-order valence-corrected chi connectivity index (χ3v) is 7.89. The van der Waals surface area contributed by atoms with Gasteiger partial charge in [-0.15, -0.1) is 0 Å². The second-order valence-electron chi connectivity index (χ2n) is 7.56. The smallest absolute Gasteiger partial charge is 0.253 e. The number of hydrogen-bond acceptors (Lipinski definition) is 3. The van der Waals surface area contributed by atoms with Crippen LogP contribution in [0.5, 0.6) is 0 Å². The summed E-state index contributed by atoms with van der Waals surface area (Å²) in [7, 11) is 2.02. The highest BCUT2D eigenvalue weighted by Crippen LogP contribution is 2.36. The monoisotopic (exact) mass is 438 g/mol. The van der Waals surface area contributed by atoms with Gasteiger partial charge in [0.1, 0.15) is 0 Å². The van der Waals surface area contributed by atoms with E-state index >= 15 is 0 Å². The summed E-state index contributed by atoms with van der Waals surface area (Å²) in [5, 5.41) is 0.659. The molecule has 3 nitrogen and oxygen atoms in total. The van der Waals surface area contributed by atoms with Gasteiger partial charge in [-0.25, -0.2) is 0 Å². The van der Waals surface area contributed by atoms with Gasteiger partial charge < -0.3 is 4.90 Å². The van der Waals surface area contributed by atoms with Crippen molar-refractivity contribution in [3.63, 3.8) is 0 Å². The fourth-order valence-corrected chi connectivity index (χ4v) is 6.14. The molecule has 5 heteroatoms. The molecule has 144 valence electrons. The quantitative estimate of drug-likeness (QED) is 0.620. The Balaban J connectivity index is 1.79. The summed E-state index contributed by atoms with van der Waals surface area (Å²) >= 11 is 5.60. The molecule has 0 bridgehead atoms. The maximum Gasteiger partial charge on any atom is 0.253 e. The molecule has 3 rings (SSSR count). The van der Waals surface area contributed by atoms with Crippen LogP contribution in [0.4, 0.5) is 0 Å². The van der Waals surface area contributed by atoms with E-state index in [0.717, 1.165) is 16.5 Å². The summed E-state index contributed by atoms with van der Waals surface area (Å²) in [5.41, 5.74) is 0.791. The lowest BCUT2D eigenvalue weighted by Crippen LogP contribution is -2.58. The van der Waals surface area contributed by atoms with Crippen LogP contribution in [-0.2, 0) is 0 Å². The second-order valence-corrected chi connectivity index (χ2v) is 9.83. The van der Waals surface area contributed by atoms with Crippen LogP contribution in [-0.4, -0.2) is 58.9 Å². The molecule has 3 atom stereocenters. The molecule has 2 fully saturated rings. The van der Waals surface area contributed by atoms with Gasteiger partial charge in [-0.3, -0.25) is 9.69 Å². The summed E-state index contributed by atoms with van der Waals surface area (Å²) in [6.45, 7) is 4.66. The third-order valence-electron chi connectivity index (χ3n) is 5.77. The van der Waals surface area contributed by atoms with Crippen molar-refractivity contribution in [2.45, 2.75) is 62.8 Å². The van der Waals surface area contributed by atoms with Gasteiger partial charge in [0.15, 0.2) is 0 Å². The van der Waals surface area contributed by atoms with Gasteiger partial charge in [0, 0.05) is 34.4 Å². The standard InChI is InChI=1S/C21H31BrN2OS/c1-3-15-26-19-8-6-7-18(20(19)24-13-4-5-14-24)23(2)21(25)16-9-11-17(22)12-10-16/h9-12,18-20H,3-8,13-15H2,1-2H3. The fourth-order valence-electron chi connectivity index (χ4n) is 4.46. The molecule has 1 aromatic rings. The van der Waals surface area contributed by atoms with Gasteiger partial charge in [0.2, 0.25) is 0 Å². The highest BCUT2D eigenvalue weighted by Gasteiger charge is 2.41. The van der Waals surface area contributed by atoms with Gasteiger partial charge in [-0.05, 0) is 75.2 Å². The molecule has 1 aliphatic carbocycles. The van der Waals surface area contributed by atoms with Crippen molar-refractivity contribution in [1.29, 1.82) is 0 Å². The van der Waals surface area contributed by atoms with Crippen molar-refractivity contribution < 1.29 is 4.79 Å². The van der Waals surface area contributed by atoms with Crippen molar-refractivity contribution in [3.8, 4) is 0 Å². The van der Waals surface area contributed by atoms with Crippen LogP contribution in [0, 0.1) is 0 Å². The van der Waals surface area contributed by atoms with E-state index in [0.29, 0.717) is 17.3 Å². The zero-order valence-corrected chi connectivity index (χ0v) is 18.4. The minimum absolute atomic E-state index is 0.160. The zero-order chi connectivity index (χ0) is 18.5. The van der Waals surface area contributed by atoms with Crippen LogP contribution >= 0.6 is 27.7 Å². The topological polar surface area (TPSA) is 23.6 Å². The van der Waals surface area contributed by atoms with Crippen molar-refractivity contribution >= 4 is 33.6 Å². The van der Waals surface area contributed by atoms with E-state index in [9.17, 15) is 4.79 Å². The average Bonchev–Trinajstić information content (AvgIpc) is 3.19. The minimum Gasteiger partial charge on any atom is -0.337 e. The first-order valence-electron chi connectivity index (χ1n) is 10.00. The van der Waals surface area contributed by atoms with Crippen LogP contribution in [0.15, 0.2) is 28.7 Å². The molecule has 0 radical (unpaired) electrons. The minimum atomic E-state index is 0.160. The van der Waals surface area contributed by atoms with E-state index in [4.69, 9.17) is 0 Å². The lowest BCUT2D eigenvalue weighted by molar-refractivity contribution is 0.0513. The number of amides is 1. The van der Waals surface area contributed by atoms with E-state index in [1.165, 1.54) is 50.9 Å². The summed E-state index contributed by atoms with van der Waals surface area (Å²) in [5.74, 6) is 1.39. The molecule has 26 heavy (non-hydrogen) atoms. The maximum absolute atomic E-state index is 13.1. The Hall–Kier alpha value is -0.520.